The molecule has 2 saturated heterocycles. The van der Waals surface area contributed by atoms with E-state index in [4.69, 9.17) is 4.63 Å². The zero-order valence-electron chi connectivity index (χ0n) is 14.5. The molecule has 4 rings (SSSR count). The van der Waals surface area contributed by atoms with Crippen molar-refractivity contribution in [1.82, 2.24) is 15.2 Å². The topological polar surface area (TPSA) is 59.2 Å². The molecule has 0 N–H and O–H groups in total. The van der Waals surface area contributed by atoms with E-state index in [0.717, 1.165) is 25.7 Å². The third-order valence-corrected chi connectivity index (χ3v) is 5.74. The van der Waals surface area contributed by atoms with E-state index < -0.39 is 0 Å². The van der Waals surface area contributed by atoms with Gasteiger partial charge < -0.3 is 4.90 Å². The molecule has 3 heterocycles. The van der Waals surface area contributed by atoms with Crippen molar-refractivity contribution >= 4 is 5.91 Å². The van der Waals surface area contributed by atoms with Crippen LogP contribution >= 0.6 is 0 Å². The number of carbonyl (C=O) groups is 1. The van der Waals surface area contributed by atoms with E-state index in [1.165, 1.54) is 5.56 Å². The molecule has 1 amide bonds. The van der Waals surface area contributed by atoms with Gasteiger partial charge in [-0.05, 0) is 62.6 Å². The van der Waals surface area contributed by atoms with Gasteiger partial charge in [-0.1, -0.05) is 22.4 Å². The van der Waals surface area contributed by atoms with Crippen LogP contribution in [0, 0.1) is 19.7 Å². The lowest BCUT2D eigenvalue weighted by Gasteiger charge is -2.39. The number of rotatable bonds is 3. The van der Waals surface area contributed by atoms with E-state index >= 15 is 0 Å². The fraction of sp³-hybridized carbons (Fsp3) is 0.526. The summed E-state index contributed by atoms with van der Waals surface area (Å²) in [5.41, 5.74) is 3.19. The first kappa shape index (κ1) is 16.2. The number of carbonyl (C=O) groups excluding carboxylic acids is 1. The first-order valence-electron chi connectivity index (χ1n) is 8.88. The summed E-state index contributed by atoms with van der Waals surface area (Å²) < 4.78 is 18.2. The molecule has 2 fully saturated rings. The Morgan fingerprint density at radius 2 is 1.96 bits per heavy atom. The third kappa shape index (κ3) is 2.94. The number of amides is 1. The van der Waals surface area contributed by atoms with Crippen molar-refractivity contribution in [2.45, 2.75) is 64.0 Å². The molecular weight excluding hydrogens is 321 g/mol. The summed E-state index contributed by atoms with van der Waals surface area (Å²) in [7, 11) is 0. The summed E-state index contributed by atoms with van der Waals surface area (Å²) in [6.07, 6.45) is 4.24. The van der Waals surface area contributed by atoms with Gasteiger partial charge in [0.15, 0.2) is 0 Å². The fourth-order valence-electron chi connectivity index (χ4n) is 4.42. The molecule has 25 heavy (non-hydrogen) atoms. The minimum Gasteiger partial charge on any atom is -0.336 e. The lowest BCUT2D eigenvalue weighted by molar-refractivity contribution is -0.135. The second-order valence-corrected chi connectivity index (χ2v) is 7.34. The molecule has 6 heteroatoms. The molecule has 0 saturated carbocycles. The quantitative estimate of drug-likeness (QED) is 0.858. The van der Waals surface area contributed by atoms with Crippen molar-refractivity contribution in [3.63, 3.8) is 0 Å². The second kappa shape index (κ2) is 6.24. The minimum atomic E-state index is -0.157. The molecule has 1 aromatic carbocycles. The van der Waals surface area contributed by atoms with Gasteiger partial charge in [-0.25, -0.2) is 9.02 Å². The predicted molar refractivity (Wildman–Crippen MR) is 89.5 cm³/mol. The van der Waals surface area contributed by atoms with Crippen LogP contribution in [0.3, 0.4) is 0 Å². The molecular formula is C19H22FN3O2. The van der Waals surface area contributed by atoms with Gasteiger partial charge in [0, 0.05) is 12.1 Å². The highest BCUT2D eigenvalue weighted by atomic mass is 19.1. The Bertz CT molecular complexity index is 790. The lowest BCUT2D eigenvalue weighted by Crippen LogP contribution is -2.46. The van der Waals surface area contributed by atoms with E-state index in [1.54, 1.807) is 19.9 Å². The van der Waals surface area contributed by atoms with Crippen LogP contribution in [0.4, 0.5) is 4.39 Å². The van der Waals surface area contributed by atoms with Gasteiger partial charge in [-0.15, -0.1) is 0 Å². The van der Waals surface area contributed by atoms with Crippen LogP contribution in [0.2, 0.25) is 0 Å². The van der Waals surface area contributed by atoms with Crippen molar-refractivity contribution in [1.29, 1.82) is 0 Å². The van der Waals surface area contributed by atoms with Gasteiger partial charge in [-0.2, -0.15) is 0 Å². The molecule has 2 aliphatic rings. The van der Waals surface area contributed by atoms with Crippen LogP contribution in [0.5, 0.6) is 0 Å². The van der Waals surface area contributed by atoms with Crippen LogP contribution < -0.4 is 0 Å². The Morgan fingerprint density at radius 1 is 1.24 bits per heavy atom. The molecule has 0 radical (unpaired) electrons. The maximum atomic E-state index is 13.5. The third-order valence-electron chi connectivity index (χ3n) is 5.74. The first-order valence-corrected chi connectivity index (χ1v) is 8.88. The van der Waals surface area contributed by atoms with Gasteiger partial charge in [0.2, 0.25) is 5.91 Å². The lowest BCUT2D eigenvalue weighted by atomic mass is 9.84. The van der Waals surface area contributed by atoms with Gasteiger partial charge in [-0.3, -0.25) is 4.79 Å². The van der Waals surface area contributed by atoms with Crippen LogP contribution in [0.15, 0.2) is 22.8 Å². The number of piperidine rings is 1. The van der Waals surface area contributed by atoms with Gasteiger partial charge in [0.05, 0.1) is 6.42 Å². The Hall–Kier alpha value is -2.24. The van der Waals surface area contributed by atoms with Gasteiger partial charge in [0.25, 0.3) is 0 Å². The average Bonchev–Trinajstić information content (AvgIpc) is 3.10. The molecule has 1 aromatic heterocycles. The standard InChI is InChI=1S/C19H22FN3O2/c1-11-7-13(3-6-17(11)20)14-8-15-4-5-16(9-14)23(15)19(24)10-18-12(2)21-25-22-18/h3,6-7,14-16H,4-5,8-10H2,1-2H3. The van der Waals surface area contributed by atoms with E-state index in [1.807, 2.05) is 12.1 Å². The summed E-state index contributed by atoms with van der Waals surface area (Å²) in [6, 6.07) is 5.95. The average molecular weight is 343 g/mol. The number of aryl methyl sites for hydroxylation is 2. The van der Waals surface area contributed by atoms with Crippen molar-refractivity contribution in [3.05, 3.63) is 46.5 Å². The zero-order valence-corrected chi connectivity index (χ0v) is 14.5. The molecule has 132 valence electrons. The Kier molecular flexibility index (Phi) is 4.06. The molecule has 5 nitrogen and oxygen atoms in total. The number of fused-ring (bicyclic) bond motifs is 2. The molecule has 2 bridgehead atoms. The summed E-state index contributed by atoms with van der Waals surface area (Å²) in [4.78, 5) is 14.8. The SMILES string of the molecule is Cc1cc(C2CC3CCC(C2)N3C(=O)Cc2nonc2C)ccc1F. The normalized spacial score (nSPS) is 25.4. The highest BCUT2D eigenvalue weighted by molar-refractivity contribution is 5.79. The fourth-order valence-corrected chi connectivity index (χ4v) is 4.42. The Labute approximate surface area is 146 Å². The molecule has 2 atom stereocenters. The number of halogens is 1. The summed E-state index contributed by atoms with van der Waals surface area (Å²) >= 11 is 0. The Morgan fingerprint density at radius 3 is 2.56 bits per heavy atom. The maximum Gasteiger partial charge on any atom is 0.229 e. The highest BCUT2D eigenvalue weighted by Crippen LogP contribution is 2.43. The molecule has 0 spiro atoms. The summed E-state index contributed by atoms with van der Waals surface area (Å²) in [5.74, 6) is 0.354. The zero-order chi connectivity index (χ0) is 17.6. The maximum absolute atomic E-state index is 13.5. The largest absolute Gasteiger partial charge is 0.336 e. The number of benzene rings is 1. The second-order valence-electron chi connectivity index (χ2n) is 7.34. The molecule has 0 aliphatic carbocycles. The van der Waals surface area contributed by atoms with Gasteiger partial charge >= 0.3 is 0 Å². The smallest absolute Gasteiger partial charge is 0.229 e. The van der Waals surface area contributed by atoms with Crippen LogP contribution in [0.25, 0.3) is 0 Å². The van der Waals surface area contributed by atoms with Crippen molar-refractivity contribution in [2.24, 2.45) is 0 Å². The number of nitrogens with zero attached hydrogens (tertiary/aromatic N) is 3. The van der Waals surface area contributed by atoms with E-state index in [2.05, 4.69) is 15.2 Å². The van der Waals surface area contributed by atoms with Crippen LogP contribution in [-0.2, 0) is 11.2 Å². The number of hydrogen-bond donors (Lipinski definition) is 0. The van der Waals surface area contributed by atoms with Crippen molar-refractivity contribution < 1.29 is 13.8 Å². The van der Waals surface area contributed by atoms with Crippen LogP contribution in [-0.4, -0.2) is 33.2 Å². The summed E-state index contributed by atoms with van der Waals surface area (Å²) in [6.45, 7) is 3.61. The number of aromatic nitrogens is 2. The Balaban J connectivity index is 1.49. The number of hydrogen-bond acceptors (Lipinski definition) is 4. The van der Waals surface area contributed by atoms with E-state index in [9.17, 15) is 9.18 Å². The van der Waals surface area contributed by atoms with Crippen molar-refractivity contribution in [3.8, 4) is 0 Å². The highest BCUT2D eigenvalue weighted by Gasteiger charge is 2.43. The first-order chi connectivity index (χ1) is 12.0. The summed E-state index contributed by atoms with van der Waals surface area (Å²) in [5, 5.41) is 7.58. The molecule has 2 aliphatic heterocycles. The predicted octanol–water partition coefficient (Wildman–Crippen LogP) is 3.31. The van der Waals surface area contributed by atoms with Gasteiger partial charge in [0.1, 0.15) is 17.2 Å². The monoisotopic (exact) mass is 343 g/mol. The minimum absolute atomic E-state index is 0.111. The molecule has 2 aromatic rings. The van der Waals surface area contributed by atoms with Crippen molar-refractivity contribution in [2.75, 3.05) is 0 Å². The van der Waals surface area contributed by atoms with Crippen LogP contribution in [0.1, 0.15) is 54.1 Å². The molecule has 2 unspecified atom stereocenters. The van der Waals surface area contributed by atoms with E-state index in [-0.39, 0.29) is 30.2 Å². The van der Waals surface area contributed by atoms with E-state index in [0.29, 0.717) is 22.9 Å².